The molecular weight excluding hydrogens is 473 g/mol. The molecule has 2 aliphatic carbocycles. The molecule has 0 nitrogen and oxygen atoms in total. The Kier molecular flexibility index (Phi) is 14.5. The molecule has 1 aromatic carbocycles. The SMILES string of the molecule is CC1=[C-]C([SiH3])C(C)=C1C.CC1=[C-]C([SiH3])C(C)=C1C.FC(F)(F)c1[c-]cccc1.[Cl-].[Ti+4]. The number of rotatable bonds is 0. The molecule has 30 heavy (non-hydrogen) atoms. The smallest absolute Gasteiger partial charge is 1.00 e. The summed E-state index contributed by atoms with van der Waals surface area (Å²) in [4.78, 5) is 0. The van der Waals surface area contributed by atoms with Crippen LogP contribution in [0.15, 0.2) is 57.7 Å². The summed E-state index contributed by atoms with van der Waals surface area (Å²) in [6.07, 6.45) is 2.58. The fraction of sp³-hybridized carbons (Fsp3) is 0.391. The van der Waals surface area contributed by atoms with Crippen LogP contribution >= 0.6 is 0 Å². The summed E-state index contributed by atoms with van der Waals surface area (Å²) < 4.78 is 35.3. The third-order valence-electron chi connectivity index (χ3n) is 5.49. The van der Waals surface area contributed by atoms with Gasteiger partial charge in [0.15, 0.2) is 0 Å². The van der Waals surface area contributed by atoms with E-state index in [0.717, 1.165) is 6.07 Å². The van der Waals surface area contributed by atoms with Gasteiger partial charge < -0.3 is 12.4 Å². The van der Waals surface area contributed by atoms with Crippen LogP contribution in [0.25, 0.3) is 0 Å². The van der Waals surface area contributed by atoms with Crippen molar-refractivity contribution in [2.24, 2.45) is 0 Å². The zero-order valence-electron chi connectivity index (χ0n) is 19.0. The normalized spacial score (nSPS) is 20.3. The number of alkyl halides is 3. The van der Waals surface area contributed by atoms with Gasteiger partial charge in [0.05, 0.1) is 0 Å². The fourth-order valence-corrected chi connectivity index (χ4v) is 4.63. The second-order valence-electron chi connectivity index (χ2n) is 7.37. The van der Waals surface area contributed by atoms with Gasteiger partial charge in [0.2, 0.25) is 0 Å². The topological polar surface area (TPSA) is 0 Å². The van der Waals surface area contributed by atoms with E-state index >= 15 is 0 Å². The van der Waals surface area contributed by atoms with E-state index in [1.807, 2.05) is 0 Å². The Morgan fingerprint density at radius 3 is 1.33 bits per heavy atom. The third-order valence-corrected chi connectivity index (χ3v) is 7.80. The maximum Gasteiger partial charge on any atom is 4.00 e. The van der Waals surface area contributed by atoms with Crippen molar-refractivity contribution in [3.8, 4) is 0 Å². The van der Waals surface area contributed by atoms with Gasteiger partial charge in [0, 0.05) is 0 Å². The number of halogens is 4. The second-order valence-corrected chi connectivity index (χ2v) is 9.68. The Morgan fingerprint density at radius 2 is 1.20 bits per heavy atom. The van der Waals surface area contributed by atoms with Gasteiger partial charge in [-0.15, -0.1) is 24.9 Å². The van der Waals surface area contributed by atoms with Crippen molar-refractivity contribution < 1.29 is 47.3 Å². The zero-order valence-corrected chi connectivity index (χ0v) is 25.3. The number of hydrogen-bond acceptors (Lipinski definition) is 0. The van der Waals surface area contributed by atoms with Crippen LogP contribution in [0, 0.1) is 18.2 Å². The molecule has 162 valence electrons. The molecule has 0 amide bonds. The maximum absolute atomic E-state index is 11.8. The molecule has 1 aromatic rings. The minimum atomic E-state index is -4.26. The van der Waals surface area contributed by atoms with Crippen molar-refractivity contribution in [2.45, 2.75) is 58.8 Å². The summed E-state index contributed by atoms with van der Waals surface area (Å²) in [6.45, 7) is 13.1. The van der Waals surface area contributed by atoms with Gasteiger partial charge in [-0.05, 0) is 20.5 Å². The fourth-order valence-electron chi connectivity index (χ4n) is 2.89. The van der Waals surface area contributed by atoms with Gasteiger partial charge in [-0.1, -0.05) is 33.3 Å². The summed E-state index contributed by atoms with van der Waals surface area (Å²) in [5.74, 6) is 0. The van der Waals surface area contributed by atoms with E-state index in [0.29, 0.717) is 11.1 Å². The van der Waals surface area contributed by atoms with Crippen LogP contribution in [0.5, 0.6) is 0 Å². The van der Waals surface area contributed by atoms with Crippen LogP contribution in [0.1, 0.15) is 47.1 Å². The van der Waals surface area contributed by atoms with E-state index < -0.39 is 11.7 Å². The summed E-state index contributed by atoms with van der Waals surface area (Å²) in [6, 6.07) is 7.14. The first-order chi connectivity index (χ1) is 12.9. The summed E-state index contributed by atoms with van der Waals surface area (Å²) in [5, 5.41) is 0. The van der Waals surface area contributed by atoms with Crippen LogP contribution in [0.4, 0.5) is 13.2 Å². The molecule has 2 unspecified atom stereocenters. The summed E-state index contributed by atoms with van der Waals surface area (Å²) >= 11 is 0. The van der Waals surface area contributed by atoms with Crippen LogP contribution < -0.4 is 12.4 Å². The first-order valence-corrected chi connectivity index (χ1v) is 11.8. The molecule has 2 aliphatic rings. The molecular formula is C23H30ClF3Si2Ti. The Labute approximate surface area is 207 Å². The predicted molar refractivity (Wildman–Crippen MR) is 119 cm³/mol. The first-order valence-electron chi connectivity index (χ1n) is 9.45. The molecule has 7 heteroatoms. The molecule has 0 saturated carbocycles. The van der Waals surface area contributed by atoms with Crippen LogP contribution in [0.2, 0.25) is 11.1 Å². The van der Waals surface area contributed by atoms with E-state index in [4.69, 9.17) is 0 Å². The van der Waals surface area contributed by atoms with Crippen LogP contribution in [-0.2, 0) is 27.9 Å². The van der Waals surface area contributed by atoms with Gasteiger partial charge in [0.25, 0.3) is 0 Å². The van der Waals surface area contributed by atoms with E-state index in [1.165, 1.54) is 61.0 Å². The van der Waals surface area contributed by atoms with Crippen molar-refractivity contribution >= 4 is 20.5 Å². The molecule has 0 spiro atoms. The molecule has 0 bridgehead atoms. The molecule has 3 rings (SSSR count). The third kappa shape index (κ3) is 9.27. The minimum Gasteiger partial charge on any atom is -1.00 e. The molecule has 0 fully saturated rings. The van der Waals surface area contributed by atoms with Crippen molar-refractivity contribution in [1.82, 2.24) is 0 Å². The largest absolute Gasteiger partial charge is 4.00 e. The molecule has 2 atom stereocenters. The van der Waals surface area contributed by atoms with E-state index in [1.54, 1.807) is 11.1 Å². The number of hydrogen-bond donors (Lipinski definition) is 0. The summed E-state index contributed by atoms with van der Waals surface area (Å²) in [7, 11) is 2.45. The standard InChI is InChI=1S/2C8H13Si.C7H4F3.ClH.Ti/c2*1-5-4-8(9)7(3)6(5)2;8-7(9,10)6-4-2-1-3-5-6;;/h2*8H,1-3,9H3;1-4H;1H;/q3*-1;;+4/p-1. The average molecular weight is 503 g/mol. The second kappa shape index (κ2) is 13.7. The molecule has 0 heterocycles. The number of allylic oxidation sites excluding steroid dienone is 8. The van der Waals surface area contributed by atoms with E-state index in [9.17, 15) is 13.2 Å². The molecule has 0 saturated heterocycles. The van der Waals surface area contributed by atoms with E-state index in [2.05, 4.69) is 59.8 Å². The van der Waals surface area contributed by atoms with Gasteiger partial charge in [-0.2, -0.15) is 65.8 Å². The Balaban J connectivity index is 0. The molecule has 0 aliphatic heterocycles. The minimum absolute atomic E-state index is 0. The van der Waals surface area contributed by atoms with Crippen molar-refractivity contribution in [1.29, 1.82) is 0 Å². The Morgan fingerprint density at radius 1 is 0.800 bits per heavy atom. The Hall–Kier alpha value is -0.592. The van der Waals surface area contributed by atoms with Gasteiger partial charge >= 0.3 is 27.9 Å². The molecule has 0 radical (unpaired) electrons. The molecule has 0 aromatic heterocycles. The quantitative estimate of drug-likeness (QED) is 0.376. The molecule has 0 N–H and O–H groups in total. The summed E-state index contributed by atoms with van der Waals surface area (Å²) in [5.41, 5.74) is 9.42. The Bertz CT molecular complexity index is 765. The van der Waals surface area contributed by atoms with Crippen molar-refractivity contribution in [2.75, 3.05) is 0 Å². The van der Waals surface area contributed by atoms with Gasteiger partial charge in [-0.3, -0.25) is 12.2 Å². The van der Waals surface area contributed by atoms with Gasteiger partial charge in [-0.25, -0.2) is 11.1 Å². The van der Waals surface area contributed by atoms with Gasteiger partial charge in [0.1, 0.15) is 0 Å². The van der Waals surface area contributed by atoms with Crippen LogP contribution in [0.3, 0.4) is 0 Å². The monoisotopic (exact) mass is 502 g/mol. The maximum atomic E-state index is 11.8. The van der Waals surface area contributed by atoms with Crippen molar-refractivity contribution in [3.05, 3.63) is 81.5 Å². The predicted octanol–water partition coefficient (Wildman–Crippen LogP) is 1.99. The van der Waals surface area contributed by atoms with E-state index in [-0.39, 0.29) is 34.1 Å². The van der Waals surface area contributed by atoms with Crippen LogP contribution in [-0.4, -0.2) is 20.5 Å². The zero-order chi connectivity index (χ0) is 21.6. The average Bonchev–Trinajstić information content (AvgIpc) is 2.99. The first kappa shape index (κ1) is 31.6. The number of benzene rings is 1. The van der Waals surface area contributed by atoms with Crippen molar-refractivity contribution in [3.63, 3.8) is 0 Å².